The third-order valence-electron chi connectivity index (χ3n) is 3.83. The molecular weight excluding hydrogens is 271 g/mol. The van der Waals surface area contributed by atoms with E-state index in [1.807, 2.05) is 0 Å². The highest BCUT2D eigenvalue weighted by Gasteiger charge is 2.29. The third kappa shape index (κ3) is 4.34. The number of hydrazine groups is 1. The van der Waals surface area contributed by atoms with Crippen LogP contribution in [0.2, 0.25) is 0 Å². The molecular formula is C15H21FN4O. The van der Waals surface area contributed by atoms with E-state index < -0.39 is 0 Å². The molecule has 1 aromatic carbocycles. The van der Waals surface area contributed by atoms with Gasteiger partial charge in [0, 0.05) is 24.1 Å². The zero-order valence-corrected chi connectivity index (χ0v) is 12.3. The number of hydrogen-bond donors (Lipinski definition) is 3. The van der Waals surface area contributed by atoms with Crippen LogP contribution in [0.1, 0.15) is 32.3 Å². The minimum absolute atomic E-state index is 0.158. The SMILES string of the molecule is CC1NNC(C)C1CCC(=O)N/N=C/c1ccccc1F. The number of hydrazone groups is 1. The quantitative estimate of drug-likeness (QED) is 0.570. The highest BCUT2D eigenvalue weighted by molar-refractivity contribution is 5.82. The number of nitrogens with one attached hydrogen (secondary N) is 3. The summed E-state index contributed by atoms with van der Waals surface area (Å²) in [4.78, 5) is 11.7. The zero-order valence-electron chi connectivity index (χ0n) is 12.3. The molecule has 2 atom stereocenters. The second-order valence-corrected chi connectivity index (χ2v) is 5.38. The van der Waals surface area contributed by atoms with Crippen molar-refractivity contribution in [3.63, 3.8) is 0 Å². The molecule has 1 saturated heterocycles. The van der Waals surface area contributed by atoms with Crippen molar-refractivity contribution in [2.45, 2.75) is 38.8 Å². The maximum atomic E-state index is 13.3. The molecule has 6 heteroatoms. The first-order chi connectivity index (χ1) is 10.1. The van der Waals surface area contributed by atoms with Crippen LogP contribution in [0.4, 0.5) is 4.39 Å². The van der Waals surface area contributed by atoms with E-state index >= 15 is 0 Å². The molecule has 1 aliphatic heterocycles. The van der Waals surface area contributed by atoms with Crippen LogP contribution in [-0.4, -0.2) is 24.2 Å². The molecule has 0 saturated carbocycles. The first-order valence-corrected chi connectivity index (χ1v) is 7.15. The summed E-state index contributed by atoms with van der Waals surface area (Å²) in [5, 5.41) is 3.79. The highest BCUT2D eigenvalue weighted by atomic mass is 19.1. The number of benzene rings is 1. The molecule has 2 rings (SSSR count). The molecule has 1 heterocycles. The topological polar surface area (TPSA) is 65.5 Å². The van der Waals surface area contributed by atoms with Gasteiger partial charge in [-0.25, -0.2) is 9.82 Å². The Balaban J connectivity index is 1.76. The summed E-state index contributed by atoms with van der Waals surface area (Å²) >= 11 is 0. The van der Waals surface area contributed by atoms with Crippen molar-refractivity contribution in [2.75, 3.05) is 0 Å². The molecule has 5 nitrogen and oxygen atoms in total. The van der Waals surface area contributed by atoms with E-state index in [1.54, 1.807) is 18.2 Å². The van der Waals surface area contributed by atoms with Gasteiger partial charge in [0.1, 0.15) is 5.82 Å². The van der Waals surface area contributed by atoms with E-state index in [1.165, 1.54) is 12.3 Å². The lowest BCUT2D eigenvalue weighted by Gasteiger charge is -2.16. The molecule has 1 aromatic rings. The Hall–Kier alpha value is -1.79. The first kappa shape index (κ1) is 15.6. The monoisotopic (exact) mass is 292 g/mol. The highest BCUT2D eigenvalue weighted by Crippen LogP contribution is 2.19. The van der Waals surface area contributed by atoms with E-state index in [2.05, 4.69) is 35.2 Å². The Morgan fingerprint density at radius 3 is 2.67 bits per heavy atom. The molecule has 2 unspecified atom stereocenters. The van der Waals surface area contributed by atoms with Crippen molar-refractivity contribution >= 4 is 12.1 Å². The van der Waals surface area contributed by atoms with Gasteiger partial charge in [-0.1, -0.05) is 18.2 Å². The van der Waals surface area contributed by atoms with Crippen molar-refractivity contribution in [3.8, 4) is 0 Å². The van der Waals surface area contributed by atoms with Gasteiger partial charge in [0.05, 0.1) is 6.21 Å². The number of amides is 1. The van der Waals surface area contributed by atoms with Crippen molar-refractivity contribution < 1.29 is 9.18 Å². The van der Waals surface area contributed by atoms with Gasteiger partial charge < -0.3 is 0 Å². The van der Waals surface area contributed by atoms with Crippen LogP contribution in [0, 0.1) is 11.7 Å². The predicted octanol–water partition coefficient (Wildman–Crippen LogP) is 1.56. The Morgan fingerprint density at radius 1 is 1.33 bits per heavy atom. The minimum Gasteiger partial charge on any atom is -0.273 e. The zero-order chi connectivity index (χ0) is 15.2. The summed E-state index contributed by atoms with van der Waals surface area (Å²) in [5.41, 5.74) is 9.11. The van der Waals surface area contributed by atoms with E-state index in [4.69, 9.17) is 0 Å². The van der Waals surface area contributed by atoms with Gasteiger partial charge in [-0.2, -0.15) is 5.10 Å². The number of nitrogens with zero attached hydrogens (tertiary/aromatic N) is 1. The molecule has 0 aromatic heterocycles. The van der Waals surface area contributed by atoms with E-state index in [0.717, 1.165) is 6.42 Å². The van der Waals surface area contributed by atoms with Gasteiger partial charge in [0.25, 0.3) is 0 Å². The van der Waals surface area contributed by atoms with Crippen LogP contribution >= 0.6 is 0 Å². The van der Waals surface area contributed by atoms with Crippen LogP contribution in [0.3, 0.4) is 0 Å². The summed E-state index contributed by atoms with van der Waals surface area (Å²) in [5.74, 6) is -0.110. The summed E-state index contributed by atoms with van der Waals surface area (Å²) in [6.07, 6.45) is 2.50. The molecule has 3 N–H and O–H groups in total. The van der Waals surface area contributed by atoms with Gasteiger partial charge in [-0.05, 0) is 32.3 Å². The molecule has 0 bridgehead atoms. The molecule has 1 fully saturated rings. The Bertz CT molecular complexity index is 510. The fourth-order valence-electron chi connectivity index (χ4n) is 2.52. The second-order valence-electron chi connectivity index (χ2n) is 5.38. The van der Waals surface area contributed by atoms with E-state index in [0.29, 0.717) is 30.0 Å². The average molecular weight is 292 g/mol. The maximum absolute atomic E-state index is 13.3. The molecule has 1 amide bonds. The van der Waals surface area contributed by atoms with Gasteiger partial charge in [0.15, 0.2) is 0 Å². The molecule has 0 radical (unpaired) electrons. The van der Waals surface area contributed by atoms with Crippen LogP contribution in [0.25, 0.3) is 0 Å². The van der Waals surface area contributed by atoms with Crippen molar-refractivity contribution in [1.29, 1.82) is 0 Å². The van der Waals surface area contributed by atoms with Crippen molar-refractivity contribution in [2.24, 2.45) is 11.0 Å². The molecule has 0 aliphatic carbocycles. The first-order valence-electron chi connectivity index (χ1n) is 7.15. The van der Waals surface area contributed by atoms with Crippen molar-refractivity contribution in [1.82, 2.24) is 16.3 Å². The lowest BCUT2D eigenvalue weighted by Crippen LogP contribution is -2.30. The summed E-state index contributed by atoms with van der Waals surface area (Å²) in [6, 6.07) is 6.97. The fourth-order valence-corrected chi connectivity index (χ4v) is 2.52. The Kier molecular flexibility index (Phi) is 5.41. The lowest BCUT2D eigenvalue weighted by molar-refractivity contribution is -0.121. The summed E-state index contributed by atoms with van der Waals surface area (Å²) in [7, 11) is 0. The normalized spacial score (nSPS) is 25.4. The lowest BCUT2D eigenvalue weighted by atomic mass is 9.91. The Labute approximate surface area is 124 Å². The maximum Gasteiger partial charge on any atom is 0.240 e. The molecule has 114 valence electrons. The van der Waals surface area contributed by atoms with E-state index in [-0.39, 0.29) is 11.7 Å². The average Bonchev–Trinajstić information content (AvgIpc) is 2.78. The van der Waals surface area contributed by atoms with Crippen molar-refractivity contribution in [3.05, 3.63) is 35.6 Å². The second kappa shape index (κ2) is 7.28. The third-order valence-corrected chi connectivity index (χ3v) is 3.83. The number of rotatable bonds is 5. The predicted molar refractivity (Wildman–Crippen MR) is 80.1 cm³/mol. The summed E-state index contributed by atoms with van der Waals surface area (Å²) in [6.45, 7) is 4.19. The van der Waals surface area contributed by atoms with Crippen LogP contribution in [-0.2, 0) is 4.79 Å². The number of hydrogen-bond acceptors (Lipinski definition) is 4. The van der Waals surface area contributed by atoms with Crippen LogP contribution in [0.5, 0.6) is 0 Å². The molecule has 1 aliphatic rings. The van der Waals surface area contributed by atoms with E-state index in [9.17, 15) is 9.18 Å². The van der Waals surface area contributed by atoms with Gasteiger partial charge >= 0.3 is 0 Å². The smallest absolute Gasteiger partial charge is 0.240 e. The summed E-state index contributed by atoms with van der Waals surface area (Å²) < 4.78 is 13.3. The molecule has 0 spiro atoms. The number of carbonyl (C=O) groups excluding carboxylic acids is 1. The van der Waals surface area contributed by atoms with Crippen LogP contribution < -0.4 is 16.3 Å². The van der Waals surface area contributed by atoms with Crippen LogP contribution in [0.15, 0.2) is 29.4 Å². The standard InChI is InChI=1S/C15H21FN4O/c1-10-13(11(2)19-18-10)7-8-15(21)20-17-9-12-5-3-4-6-14(12)16/h3-6,9-11,13,18-19H,7-8H2,1-2H3,(H,20,21)/b17-9+. The van der Waals surface area contributed by atoms with Gasteiger partial charge in [-0.3, -0.25) is 15.6 Å². The Morgan fingerprint density at radius 2 is 2.00 bits per heavy atom. The van der Waals surface area contributed by atoms with Gasteiger partial charge in [-0.15, -0.1) is 0 Å². The van der Waals surface area contributed by atoms with Gasteiger partial charge in [0.2, 0.25) is 5.91 Å². The minimum atomic E-state index is -0.360. The molecule has 21 heavy (non-hydrogen) atoms. The number of halogens is 1. The fraction of sp³-hybridized carbons (Fsp3) is 0.467. The largest absolute Gasteiger partial charge is 0.273 e. The number of carbonyl (C=O) groups is 1.